The summed E-state index contributed by atoms with van der Waals surface area (Å²) >= 11 is 0. The van der Waals surface area contributed by atoms with Crippen molar-refractivity contribution in [2.45, 2.75) is 19.4 Å². The Kier molecular flexibility index (Phi) is 5.11. The van der Waals surface area contributed by atoms with E-state index in [2.05, 4.69) is 20.5 Å². The molecule has 1 aliphatic heterocycles. The zero-order valence-electron chi connectivity index (χ0n) is 16.5. The van der Waals surface area contributed by atoms with Crippen LogP contribution in [-0.4, -0.2) is 54.3 Å². The van der Waals surface area contributed by atoms with Gasteiger partial charge in [-0.3, -0.25) is 23.9 Å². The molecule has 0 fully saturated rings. The maximum absolute atomic E-state index is 12.8. The first-order valence-electron chi connectivity index (χ1n) is 9.53. The van der Waals surface area contributed by atoms with E-state index in [0.29, 0.717) is 37.3 Å². The van der Waals surface area contributed by atoms with Gasteiger partial charge < -0.3 is 10.2 Å². The summed E-state index contributed by atoms with van der Waals surface area (Å²) < 4.78 is 3.48. The van der Waals surface area contributed by atoms with Gasteiger partial charge in [0.2, 0.25) is 0 Å². The van der Waals surface area contributed by atoms with Crippen molar-refractivity contribution in [1.29, 1.82) is 0 Å². The van der Waals surface area contributed by atoms with Crippen LogP contribution in [0.25, 0.3) is 0 Å². The minimum absolute atomic E-state index is 0.0311. The van der Waals surface area contributed by atoms with Gasteiger partial charge in [-0.1, -0.05) is 0 Å². The molecule has 150 valence electrons. The summed E-state index contributed by atoms with van der Waals surface area (Å²) in [5.74, 6) is -0.165. The molecule has 0 spiro atoms. The highest BCUT2D eigenvalue weighted by molar-refractivity contribution is 5.94. The highest BCUT2D eigenvalue weighted by Crippen LogP contribution is 2.23. The Labute approximate surface area is 168 Å². The van der Waals surface area contributed by atoms with Crippen molar-refractivity contribution in [3.63, 3.8) is 0 Å². The van der Waals surface area contributed by atoms with Gasteiger partial charge in [0.25, 0.3) is 11.8 Å². The lowest BCUT2D eigenvalue weighted by Crippen LogP contribution is -2.37. The van der Waals surface area contributed by atoms with E-state index in [4.69, 9.17) is 0 Å². The van der Waals surface area contributed by atoms with Gasteiger partial charge in [-0.15, -0.1) is 0 Å². The van der Waals surface area contributed by atoms with Crippen molar-refractivity contribution >= 4 is 11.8 Å². The number of aryl methyl sites for hydroxylation is 2. The smallest absolute Gasteiger partial charge is 0.272 e. The van der Waals surface area contributed by atoms with Crippen LogP contribution in [-0.2, 0) is 33.5 Å². The number of nitrogens with zero attached hydrogens (tertiary/aromatic N) is 6. The molecule has 3 aromatic rings. The Balaban J connectivity index is 1.44. The first-order valence-corrected chi connectivity index (χ1v) is 9.53. The van der Waals surface area contributed by atoms with Gasteiger partial charge >= 0.3 is 0 Å². The van der Waals surface area contributed by atoms with Crippen molar-refractivity contribution < 1.29 is 9.59 Å². The zero-order chi connectivity index (χ0) is 20.4. The number of carbonyl (C=O) groups is 2. The molecule has 2 amide bonds. The van der Waals surface area contributed by atoms with Gasteiger partial charge in [-0.2, -0.15) is 10.2 Å². The standard InChI is InChI=1S/C20H23N7O2/c1-25-18(6-11-23-25)20(29)27-12-7-17-15(13-27)16(24-26(17)2)5-10-22-19(28)14-3-8-21-9-4-14/h3-4,6,8-9,11H,5,7,10,12-13H2,1-2H3,(H,22,28). The van der Waals surface area contributed by atoms with Crippen LogP contribution in [0.4, 0.5) is 0 Å². The predicted molar refractivity (Wildman–Crippen MR) is 105 cm³/mol. The largest absolute Gasteiger partial charge is 0.352 e. The highest BCUT2D eigenvalue weighted by Gasteiger charge is 2.28. The number of fused-ring (bicyclic) bond motifs is 1. The van der Waals surface area contributed by atoms with Gasteiger partial charge in [0.1, 0.15) is 5.69 Å². The van der Waals surface area contributed by atoms with Crippen LogP contribution in [0.2, 0.25) is 0 Å². The average Bonchev–Trinajstić information content (AvgIpc) is 3.31. The summed E-state index contributed by atoms with van der Waals surface area (Å²) in [4.78, 5) is 30.8. The second-order valence-corrected chi connectivity index (χ2v) is 7.05. The van der Waals surface area contributed by atoms with E-state index in [-0.39, 0.29) is 11.8 Å². The third-order valence-electron chi connectivity index (χ3n) is 5.24. The Morgan fingerprint density at radius 1 is 1.10 bits per heavy atom. The molecule has 4 rings (SSSR count). The van der Waals surface area contributed by atoms with E-state index in [0.717, 1.165) is 23.4 Å². The van der Waals surface area contributed by atoms with E-state index in [9.17, 15) is 9.59 Å². The maximum Gasteiger partial charge on any atom is 0.272 e. The van der Waals surface area contributed by atoms with E-state index in [1.807, 2.05) is 16.6 Å². The third kappa shape index (κ3) is 3.75. The first-order chi connectivity index (χ1) is 14.0. The number of carbonyl (C=O) groups excluding carboxylic acids is 2. The molecule has 0 saturated heterocycles. The number of hydrogen-bond acceptors (Lipinski definition) is 5. The lowest BCUT2D eigenvalue weighted by molar-refractivity contribution is 0.0721. The number of aromatic nitrogens is 5. The van der Waals surface area contributed by atoms with Crippen LogP contribution in [0.3, 0.4) is 0 Å². The van der Waals surface area contributed by atoms with E-state index >= 15 is 0 Å². The topological polar surface area (TPSA) is 97.9 Å². The Bertz CT molecular complexity index is 1040. The summed E-state index contributed by atoms with van der Waals surface area (Å²) in [5.41, 5.74) is 4.29. The van der Waals surface area contributed by atoms with Gasteiger partial charge in [-0.05, 0) is 18.2 Å². The quantitative estimate of drug-likeness (QED) is 0.689. The van der Waals surface area contributed by atoms with Crippen LogP contribution in [0.5, 0.6) is 0 Å². The first kappa shape index (κ1) is 18.9. The third-order valence-corrected chi connectivity index (χ3v) is 5.24. The lowest BCUT2D eigenvalue weighted by Gasteiger charge is -2.27. The molecule has 4 heterocycles. The van der Waals surface area contributed by atoms with Crippen molar-refractivity contribution in [2.75, 3.05) is 13.1 Å². The molecule has 0 aliphatic carbocycles. The maximum atomic E-state index is 12.8. The molecular weight excluding hydrogens is 370 g/mol. The normalized spacial score (nSPS) is 13.2. The molecule has 0 unspecified atom stereocenters. The summed E-state index contributed by atoms with van der Waals surface area (Å²) in [7, 11) is 3.69. The fourth-order valence-electron chi connectivity index (χ4n) is 3.69. The predicted octanol–water partition coefficient (Wildman–Crippen LogP) is 0.720. The number of nitrogens with one attached hydrogen (secondary N) is 1. The highest BCUT2D eigenvalue weighted by atomic mass is 16.2. The van der Waals surface area contributed by atoms with Gasteiger partial charge in [0.05, 0.1) is 5.69 Å². The summed E-state index contributed by atoms with van der Waals surface area (Å²) in [5, 5.41) is 11.6. The second kappa shape index (κ2) is 7.86. The summed E-state index contributed by atoms with van der Waals surface area (Å²) in [6.07, 6.45) is 6.18. The monoisotopic (exact) mass is 393 g/mol. The fourth-order valence-corrected chi connectivity index (χ4v) is 3.69. The van der Waals surface area contributed by atoms with E-state index in [1.165, 1.54) is 0 Å². The molecule has 0 saturated carbocycles. The number of hydrogen-bond donors (Lipinski definition) is 1. The number of rotatable bonds is 5. The minimum atomic E-state index is -0.134. The van der Waals surface area contributed by atoms with Crippen LogP contribution in [0, 0.1) is 0 Å². The molecule has 0 aromatic carbocycles. The van der Waals surface area contributed by atoms with Crippen molar-refractivity contribution in [1.82, 2.24) is 34.8 Å². The molecule has 1 aliphatic rings. The van der Waals surface area contributed by atoms with Gasteiger partial charge in [-0.25, -0.2) is 0 Å². The average molecular weight is 393 g/mol. The number of amides is 2. The van der Waals surface area contributed by atoms with Crippen molar-refractivity contribution in [3.8, 4) is 0 Å². The molecule has 29 heavy (non-hydrogen) atoms. The Morgan fingerprint density at radius 3 is 2.62 bits per heavy atom. The fraction of sp³-hybridized carbons (Fsp3) is 0.350. The van der Waals surface area contributed by atoms with Crippen LogP contribution >= 0.6 is 0 Å². The molecule has 9 nitrogen and oxygen atoms in total. The number of pyridine rings is 1. The van der Waals surface area contributed by atoms with Crippen LogP contribution < -0.4 is 5.32 Å². The minimum Gasteiger partial charge on any atom is -0.352 e. The van der Waals surface area contributed by atoms with E-state index < -0.39 is 0 Å². The van der Waals surface area contributed by atoms with Crippen molar-refractivity contribution in [3.05, 3.63) is 65.0 Å². The Hall–Kier alpha value is -3.49. The van der Waals surface area contributed by atoms with Gasteiger partial charge in [0, 0.05) is 82.0 Å². The molecule has 1 N–H and O–H groups in total. The molecule has 0 bridgehead atoms. The molecule has 0 radical (unpaired) electrons. The van der Waals surface area contributed by atoms with Crippen LogP contribution in [0.15, 0.2) is 36.8 Å². The SMILES string of the molecule is Cn1nccc1C(=O)N1CCc2c(c(CCNC(=O)c3ccncc3)nn2C)C1. The van der Waals surface area contributed by atoms with Crippen LogP contribution in [0.1, 0.15) is 37.8 Å². The molecule has 3 aromatic heterocycles. The molecule has 0 atom stereocenters. The van der Waals surface area contributed by atoms with Gasteiger partial charge in [0.15, 0.2) is 0 Å². The lowest BCUT2D eigenvalue weighted by atomic mass is 10.0. The summed E-state index contributed by atoms with van der Waals surface area (Å²) in [6, 6.07) is 5.09. The summed E-state index contributed by atoms with van der Waals surface area (Å²) in [6.45, 7) is 1.63. The van der Waals surface area contributed by atoms with E-state index in [1.54, 1.807) is 48.5 Å². The molecular formula is C20H23N7O2. The second-order valence-electron chi connectivity index (χ2n) is 7.05. The zero-order valence-corrected chi connectivity index (χ0v) is 16.5. The van der Waals surface area contributed by atoms with Crippen molar-refractivity contribution in [2.24, 2.45) is 14.1 Å². The molecule has 9 heteroatoms. The Morgan fingerprint density at radius 2 is 1.90 bits per heavy atom.